The molecule has 2 N–H and O–H groups in total. The summed E-state index contributed by atoms with van der Waals surface area (Å²) in [6.07, 6.45) is 3.05. The molecule has 2 aliphatic heterocycles. The molecule has 122 valence electrons. The molecule has 2 aliphatic rings. The number of rotatable bonds is 4. The summed E-state index contributed by atoms with van der Waals surface area (Å²) in [6.45, 7) is 0.540. The lowest BCUT2D eigenvalue weighted by molar-refractivity contribution is -0.125. The number of anilines is 1. The third kappa shape index (κ3) is 3.36. The van der Waals surface area contributed by atoms with E-state index in [1.54, 1.807) is 11.9 Å². The van der Waals surface area contributed by atoms with E-state index in [4.69, 9.17) is 0 Å². The summed E-state index contributed by atoms with van der Waals surface area (Å²) in [5, 5.41) is 5.54. The molecule has 3 amide bonds. The molecular weight excluding hydrogens is 294 g/mol. The molecule has 0 radical (unpaired) electrons. The minimum absolute atomic E-state index is 0.0569. The maximum atomic E-state index is 11.9. The Morgan fingerprint density at radius 2 is 2.13 bits per heavy atom. The summed E-state index contributed by atoms with van der Waals surface area (Å²) >= 11 is 0. The number of hydrogen-bond acceptors (Lipinski definition) is 3. The van der Waals surface area contributed by atoms with Crippen LogP contribution in [0.15, 0.2) is 18.2 Å². The fourth-order valence-corrected chi connectivity index (χ4v) is 3.13. The Hall–Kier alpha value is -2.37. The predicted octanol–water partition coefficient (Wildman–Crippen LogP) is 0.533. The molecule has 0 saturated carbocycles. The molecule has 3 rings (SSSR count). The van der Waals surface area contributed by atoms with E-state index in [1.165, 1.54) is 5.56 Å². The fraction of sp³-hybridized carbons (Fsp3) is 0.471. The van der Waals surface area contributed by atoms with Crippen LogP contribution >= 0.6 is 0 Å². The minimum Gasteiger partial charge on any atom is -0.354 e. The monoisotopic (exact) mass is 315 g/mol. The van der Waals surface area contributed by atoms with Gasteiger partial charge >= 0.3 is 0 Å². The van der Waals surface area contributed by atoms with Gasteiger partial charge in [-0.05, 0) is 36.5 Å². The molecule has 0 spiro atoms. The smallest absolute Gasteiger partial charge is 0.242 e. The van der Waals surface area contributed by atoms with Gasteiger partial charge in [-0.2, -0.15) is 0 Å². The highest BCUT2D eigenvalue weighted by molar-refractivity contribution is 5.95. The number of carbonyl (C=O) groups excluding carboxylic acids is 3. The van der Waals surface area contributed by atoms with Crippen LogP contribution in [0.4, 0.5) is 5.69 Å². The standard InChI is InChI=1S/C17H21N3O3/c1-20-14-5-2-11(10-12(14)3-7-16(20)22)8-9-18-17(23)13-4-6-15(21)19-13/h2,5,10,13H,3-4,6-9H2,1H3,(H,18,23)(H,19,21). The summed E-state index contributed by atoms with van der Waals surface area (Å²) in [5.74, 6) is -0.0197. The largest absolute Gasteiger partial charge is 0.354 e. The van der Waals surface area contributed by atoms with E-state index in [-0.39, 0.29) is 23.8 Å². The number of carbonyl (C=O) groups is 3. The molecule has 1 unspecified atom stereocenters. The molecule has 1 fully saturated rings. The van der Waals surface area contributed by atoms with Gasteiger partial charge in [0.2, 0.25) is 17.7 Å². The molecule has 1 saturated heterocycles. The fourth-order valence-electron chi connectivity index (χ4n) is 3.13. The number of fused-ring (bicyclic) bond motifs is 1. The zero-order chi connectivity index (χ0) is 16.4. The van der Waals surface area contributed by atoms with E-state index < -0.39 is 0 Å². The summed E-state index contributed by atoms with van der Waals surface area (Å²) in [4.78, 5) is 36.4. The zero-order valence-electron chi connectivity index (χ0n) is 13.2. The van der Waals surface area contributed by atoms with Gasteiger partial charge in [0.15, 0.2) is 0 Å². The molecule has 0 aliphatic carbocycles. The molecule has 1 aromatic rings. The van der Waals surface area contributed by atoms with Crippen molar-refractivity contribution in [3.05, 3.63) is 29.3 Å². The molecule has 0 bridgehead atoms. The van der Waals surface area contributed by atoms with Crippen LogP contribution in [0.3, 0.4) is 0 Å². The Morgan fingerprint density at radius 1 is 1.30 bits per heavy atom. The van der Waals surface area contributed by atoms with Gasteiger partial charge < -0.3 is 15.5 Å². The quantitative estimate of drug-likeness (QED) is 0.851. The lowest BCUT2D eigenvalue weighted by atomic mass is 9.98. The van der Waals surface area contributed by atoms with Crippen molar-refractivity contribution >= 4 is 23.4 Å². The molecule has 2 heterocycles. The first kappa shape index (κ1) is 15.5. The first-order chi connectivity index (χ1) is 11.0. The Bertz CT molecular complexity index is 656. The topological polar surface area (TPSA) is 78.5 Å². The van der Waals surface area contributed by atoms with Crippen molar-refractivity contribution in [1.82, 2.24) is 10.6 Å². The molecule has 1 aromatic carbocycles. The van der Waals surface area contributed by atoms with Gasteiger partial charge in [-0.3, -0.25) is 14.4 Å². The maximum absolute atomic E-state index is 11.9. The summed E-state index contributed by atoms with van der Waals surface area (Å²) in [5.41, 5.74) is 3.30. The average molecular weight is 315 g/mol. The van der Waals surface area contributed by atoms with Crippen LogP contribution in [-0.4, -0.2) is 37.4 Å². The van der Waals surface area contributed by atoms with Gasteiger partial charge in [0, 0.05) is 32.1 Å². The van der Waals surface area contributed by atoms with Crippen LogP contribution in [0.2, 0.25) is 0 Å². The second-order valence-corrected chi connectivity index (χ2v) is 6.12. The minimum atomic E-state index is -0.384. The van der Waals surface area contributed by atoms with Crippen LogP contribution in [0.1, 0.15) is 30.4 Å². The number of aryl methyl sites for hydroxylation is 1. The second kappa shape index (κ2) is 6.40. The van der Waals surface area contributed by atoms with E-state index in [9.17, 15) is 14.4 Å². The SMILES string of the molecule is CN1C(=O)CCc2cc(CCNC(=O)C3CCC(=O)N3)ccc21. The zero-order valence-corrected chi connectivity index (χ0v) is 13.2. The third-order valence-electron chi connectivity index (χ3n) is 4.51. The Labute approximate surface area is 135 Å². The van der Waals surface area contributed by atoms with E-state index in [1.807, 2.05) is 12.1 Å². The van der Waals surface area contributed by atoms with Crippen molar-refractivity contribution in [3.63, 3.8) is 0 Å². The van der Waals surface area contributed by atoms with E-state index in [0.717, 1.165) is 24.1 Å². The first-order valence-electron chi connectivity index (χ1n) is 8.00. The van der Waals surface area contributed by atoms with Crippen molar-refractivity contribution in [2.24, 2.45) is 0 Å². The highest BCUT2D eigenvalue weighted by Gasteiger charge is 2.26. The molecule has 6 heteroatoms. The van der Waals surface area contributed by atoms with Gasteiger partial charge in [-0.1, -0.05) is 12.1 Å². The number of hydrogen-bond donors (Lipinski definition) is 2. The number of amides is 3. The molecule has 6 nitrogen and oxygen atoms in total. The average Bonchev–Trinajstić information content (AvgIpc) is 2.97. The lowest BCUT2D eigenvalue weighted by Crippen LogP contribution is -2.42. The molecule has 0 aromatic heterocycles. The Morgan fingerprint density at radius 3 is 2.87 bits per heavy atom. The number of nitrogens with zero attached hydrogens (tertiary/aromatic N) is 1. The maximum Gasteiger partial charge on any atom is 0.242 e. The van der Waals surface area contributed by atoms with Crippen LogP contribution in [0.25, 0.3) is 0 Å². The van der Waals surface area contributed by atoms with E-state index in [2.05, 4.69) is 16.7 Å². The van der Waals surface area contributed by atoms with Crippen LogP contribution < -0.4 is 15.5 Å². The van der Waals surface area contributed by atoms with Crippen molar-refractivity contribution in [1.29, 1.82) is 0 Å². The lowest BCUT2D eigenvalue weighted by Gasteiger charge is -2.26. The summed E-state index contributed by atoms with van der Waals surface area (Å²) in [7, 11) is 1.80. The van der Waals surface area contributed by atoms with E-state index in [0.29, 0.717) is 25.8 Å². The summed E-state index contributed by atoms with van der Waals surface area (Å²) in [6, 6.07) is 5.70. The van der Waals surface area contributed by atoms with E-state index >= 15 is 0 Å². The highest BCUT2D eigenvalue weighted by atomic mass is 16.2. The second-order valence-electron chi connectivity index (χ2n) is 6.12. The molecular formula is C17H21N3O3. The van der Waals surface area contributed by atoms with Crippen molar-refractivity contribution < 1.29 is 14.4 Å². The van der Waals surface area contributed by atoms with Crippen molar-refractivity contribution in [2.45, 2.75) is 38.1 Å². The normalized spacial score (nSPS) is 20.2. The van der Waals surface area contributed by atoms with Crippen LogP contribution in [-0.2, 0) is 27.2 Å². The Balaban J connectivity index is 1.54. The van der Waals surface area contributed by atoms with Crippen molar-refractivity contribution in [3.8, 4) is 0 Å². The molecule has 23 heavy (non-hydrogen) atoms. The van der Waals surface area contributed by atoms with Gasteiger partial charge in [-0.15, -0.1) is 0 Å². The molecule has 1 atom stereocenters. The Kier molecular flexibility index (Phi) is 4.32. The van der Waals surface area contributed by atoms with Gasteiger partial charge in [0.1, 0.15) is 6.04 Å². The van der Waals surface area contributed by atoms with Gasteiger partial charge in [0.05, 0.1) is 0 Å². The number of benzene rings is 1. The van der Waals surface area contributed by atoms with Crippen molar-refractivity contribution in [2.75, 3.05) is 18.5 Å². The van der Waals surface area contributed by atoms with Gasteiger partial charge in [0.25, 0.3) is 0 Å². The summed E-state index contributed by atoms with van der Waals surface area (Å²) < 4.78 is 0. The first-order valence-corrected chi connectivity index (χ1v) is 8.00. The van der Waals surface area contributed by atoms with Crippen LogP contribution in [0.5, 0.6) is 0 Å². The predicted molar refractivity (Wildman–Crippen MR) is 86.1 cm³/mol. The third-order valence-corrected chi connectivity index (χ3v) is 4.51. The van der Waals surface area contributed by atoms with Gasteiger partial charge in [-0.25, -0.2) is 0 Å². The highest BCUT2D eigenvalue weighted by Crippen LogP contribution is 2.27. The van der Waals surface area contributed by atoms with Crippen LogP contribution in [0, 0.1) is 0 Å². The number of nitrogens with one attached hydrogen (secondary N) is 2.